The molecule has 0 unspecified atom stereocenters. The number of hydrogen-bond acceptors (Lipinski definition) is 5. The number of ether oxygens (including phenoxy) is 2. The van der Waals surface area contributed by atoms with Gasteiger partial charge in [0.1, 0.15) is 17.2 Å². The van der Waals surface area contributed by atoms with E-state index in [9.17, 15) is 4.79 Å². The molecule has 30 heavy (non-hydrogen) atoms. The van der Waals surface area contributed by atoms with Crippen molar-refractivity contribution in [3.05, 3.63) is 47.7 Å². The molecule has 1 aromatic carbocycles. The molecule has 1 aliphatic heterocycles. The number of rotatable bonds is 5. The number of carbonyl (C=O) groups is 1. The van der Waals surface area contributed by atoms with Gasteiger partial charge >= 0.3 is 6.09 Å². The molecule has 0 radical (unpaired) electrons. The van der Waals surface area contributed by atoms with E-state index in [2.05, 4.69) is 45.5 Å². The number of hydrogen-bond donors (Lipinski definition) is 1. The highest BCUT2D eigenvalue weighted by Crippen LogP contribution is 2.40. The Bertz CT molecular complexity index is 901. The molecule has 160 valence electrons. The van der Waals surface area contributed by atoms with Gasteiger partial charge in [0.05, 0.1) is 6.61 Å². The van der Waals surface area contributed by atoms with Gasteiger partial charge in [-0.3, -0.25) is 0 Å². The molecule has 1 fully saturated rings. The fourth-order valence-corrected chi connectivity index (χ4v) is 3.78. The number of benzene rings is 1. The van der Waals surface area contributed by atoms with Gasteiger partial charge in [-0.25, -0.2) is 9.78 Å². The van der Waals surface area contributed by atoms with Crippen LogP contribution < -0.4 is 15.0 Å². The summed E-state index contributed by atoms with van der Waals surface area (Å²) < 4.78 is 11.3. The summed E-state index contributed by atoms with van der Waals surface area (Å²) in [5.74, 6) is 2.70. The molecule has 6 heteroatoms. The summed E-state index contributed by atoms with van der Waals surface area (Å²) in [6.07, 6.45) is 5.04. The number of fused-ring (bicyclic) bond motifs is 1. The van der Waals surface area contributed by atoms with Crippen molar-refractivity contribution in [1.29, 1.82) is 0 Å². The van der Waals surface area contributed by atoms with Crippen LogP contribution in [0.1, 0.15) is 63.0 Å². The molecule has 4 rings (SSSR count). The summed E-state index contributed by atoms with van der Waals surface area (Å²) >= 11 is 0. The van der Waals surface area contributed by atoms with Crippen molar-refractivity contribution in [2.45, 2.75) is 57.5 Å². The van der Waals surface area contributed by atoms with Crippen LogP contribution in [0.25, 0.3) is 0 Å². The summed E-state index contributed by atoms with van der Waals surface area (Å²) in [7, 11) is 2.02. The van der Waals surface area contributed by atoms with E-state index in [1.54, 1.807) is 0 Å². The van der Waals surface area contributed by atoms with Crippen LogP contribution in [-0.2, 0) is 4.74 Å². The minimum absolute atomic E-state index is 0.205. The maximum Gasteiger partial charge on any atom is 0.407 e. The maximum absolute atomic E-state index is 12.0. The fourth-order valence-electron chi connectivity index (χ4n) is 3.78. The first-order valence-electron chi connectivity index (χ1n) is 10.7. The third kappa shape index (κ3) is 4.86. The van der Waals surface area contributed by atoms with E-state index in [4.69, 9.17) is 9.47 Å². The standard InChI is InChI=1S/C24H31N3O3/c1-24(2,3)30-23(28)26-15-18-11-12-29-21-13-19(8-9-20(18)21)27(4)22-10-7-17(14-25-22)16-5-6-16/h7-10,13-14,16,18H,5-6,11-12,15H2,1-4H3,(H,26,28)/t18-/m0/s1. The van der Waals surface area contributed by atoms with Crippen molar-refractivity contribution in [3.8, 4) is 5.75 Å². The third-order valence-corrected chi connectivity index (χ3v) is 5.60. The van der Waals surface area contributed by atoms with Crippen molar-refractivity contribution in [3.63, 3.8) is 0 Å². The summed E-state index contributed by atoms with van der Waals surface area (Å²) in [5, 5.41) is 2.90. The van der Waals surface area contributed by atoms with Crippen LogP contribution in [0.4, 0.5) is 16.3 Å². The molecule has 0 bridgehead atoms. The number of pyridine rings is 1. The number of nitrogens with one attached hydrogen (secondary N) is 1. The van der Waals surface area contributed by atoms with Gasteiger partial charge in [0, 0.05) is 37.5 Å². The fraction of sp³-hybridized carbons (Fsp3) is 0.500. The quantitative estimate of drug-likeness (QED) is 0.743. The second kappa shape index (κ2) is 8.17. The summed E-state index contributed by atoms with van der Waals surface area (Å²) in [6, 6.07) is 10.5. The molecular weight excluding hydrogens is 378 g/mol. The Morgan fingerprint density at radius 2 is 2.03 bits per heavy atom. The smallest absolute Gasteiger partial charge is 0.407 e. The molecular formula is C24H31N3O3. The first kappa shape index (κ1) is 20.5. The van der Waals surface area contributed by atoms with Crippen molar-refractivity contribution in [2.24, 2.45) is 0 Å². The van der Waals surface area contributed by atoms with E-state index in [1.807, 2.05) is 34.0 Å². The second-order valence-corrected chi connectivity index (χ2v) is 9.22. The van der Waals surface area contributed by atoms with Crippen LogP contribution >= 0.6 is 0 Å². The van der Waals surface area contributed by atoms with Crippen LogP contribution in [0.5, 0.6) is 5.75 Å². The van der Waals surface area contributed by atoms with Gasteiger partial charge in [-0.05, 0) is 69.2 Å². The molecule has 2 heterocycles. The molecule has 1 amide bonds. The zero-order valence-electron chi connectivity index (χ0n) is 18.3. The predicted octanol–water partition coefficient (Wildman–Crippen LogP) is 5.12. The molecule has 2 aromatic rings. The van der Waals surface area contributed by atoms with E-state index in [-0.39, 0.29) is 12.0 Å². The molecule has 2 aliphatic rings. The van der Waals surface area contributed by atoms with E-state index in [0.29, 0.717) is 19.1 Å². The molecule has 6 nitrogen and oxygen atoms in total. The van der Waals surface area contributed by atoms with Gasteiger partial charge in [0.2, 0.25) is 0 Å². The number of alkyl carbamates (subject to hydrolysis) is 1. The zero-order chi connectivity index (χ0) is 21.3. The van der Waals surface area contributed by atoms with Crippen LogP contribution in [0.2, 0.25) is 0 Å². The maximum atomic E-state index is 12.0. The van der Waals surface area contributed by atoms with E-state index < -0.39 is 5.60 Å². The highest BCUT2D eigenvalue weighted by Gasteiger charge is 2.25. The lowest BCUT2D eigenvalue weighted by Crippen LogP contribution is -2.35. The predicted molar refractivity (Wildman–Crippen MR) is 118 cm³/mol. The largest absolute Gasteiger partial charge is 0.493 e. The second-order valence-electron chi connectivity index (χ2n) is 9.22. The van der Waals surface area contributed by atoms with Gasteiger partial charge in [-0.2, -0.15) is 0 Å². The highest BCUT2D eigenvalue weighted by molar-refractivity contribution is 5.68. The monoisotopic (exact) mass is 409 g/mol. The van der Waals surface area contributed by atoms with Crippen molar-refractivity contribution < 1.29 is 14.3 Å². The minimum Gasteiger partial charge on any atom is -0.493 e. The summed E-state index contributed by atoms with van der Waals surface area (Å²) in [5.41, 5.74) is 2.98. The van der Waals surface area contributed by atoms with Crippen LogP contribution in [-0.4, -0.2) is 36.9 Å². The molecule has 1 N–H and O–H groups in total. The van der Waals surface area contributed by atoms with E-state index in [0.717, 1.165) is 29.2 Å². The minimum atomic E-state index is -0.498. The van der Waals surface area contributed by atoms with Crippen LogP contribution in [0.3, 0.4) is 0 Å². The Labute approximate surface area is 178 Å². The molecule has 1 saturated carbocycles. The topological polar surface area (TPSA) is 63.7 Å². The number of nitrogens with zero attached hydrogens (tertiary/aromatic N) is 2. The Hall–Kier alpha value is -2.76. The van der Waals surface area contributed by atoms with E-state index >= 15 is 0 Å². The lowest BCUT2D eigenvalue weighted by atomic mass is 9.92. The van der Waals surface area contributed by atoms with Crippen molar-refractivity contribution in [2.75, 3.05) is 25.1 Å². The van der Waals surface area contributed by atoms with Gasteiger partial charge in [0.15, 0.2) is 0 Å². The lowest BCUT2D eigenvalue weighted by Gasteiger charge is -2.28. The van der Waals surface area contributed by atoms with Gasteiger partial charge in [0.25, 0.3) is 0 Å². The van der Waals surface area contributed by atoms with Gasteiger partial charge in [-0.1, -0.05) is 12.1 Å². The Morgan fingerprint density at radius 1 is 1.23 bits per heavy atom. The first-order chi connectivity index (χ1) is 14.3. The number of carbonyl (C=O) groups excluding carboxylic acids is 1. The molecule has 1 aromatic heterocycles. The van der Waals surface area contributed by atoms with Crippen molar-refractivity contribution >= 4 is 17.6 Å². The molecule has 0 spiro atoms. The zero-order valence-corrected chi connectivity index (χ0v) is 18.3. The highest BCUT2D eigenvalue weighted by atomic mass is 16.6. The number of amides is 1. The third-order valence-electron chi connectivity index (χ3n) is 5.60. The number of anilines is 2. The normalized spacial score (nSPS) is 18.2. The lowest BCUT2D eigenvalue weighted by molar-refractivity contribution is 0.0521. The Balaban J connectivity index is 1.44. The molecule has 1 atom stereocenters. The van der Waals surface area contributed by atoms with Gasteiger partial charge in [-0.15, -0.1) is 0 Å². The SMILES string of the molecule is CN(c1ccc2c(c1)OCC[C@H]2CNC(=O)OC(C)(C)C)c1ccc(C2CC2)cn1. The van der Waals surface area contributed by atoms with Crippen LogP contribution in [0.15, 0.2) is 36.5 Å². The van der Waals surface area contributed by atoms with Gasteiger partial charge < -0.3 is 19.7 Å². The molecule has 0 saturated heterocycles. The van der Waals surface area contributed by atoms with Crippen molar-refractivity contribution in [1.82, 2.24) is 10.3 Å². The summed E-state index contributed by atoms with van der Waals surface area (Å²) in [4.78, 5) is 18.7. The first-order valence-corrected chi connectivity index (χ1v) is 10.7. The molecule has 1 aliphatic carbocycles. The average molecular weight is 410 g/mol. The Morgan fingerprint density at radius 3 is 2.70 bits per heavy atom. The average Bonchev–Trinajstić information content (AvgIpc) is 3.55. The van der Waals surface area contributed by atoms with Crippen LogP contribution in [0, 0.1) is 0 Å². The Kier molecular flexibility index (Phi) is 5.58. The van der Waals surface area contributed by atoms with E-state index in [1.165, 1.54) is 18.4 Å². The number of aromatic nitrogens is 1. The summed E-state index contributed by atoms with van der Waals surface area (Å²) in [6.45, 7) is 6.76.